The van der Waals surface area contributed by atoms with Crippen LogP contribution < -0.4 is 0 Å². The second kappa shape index (κ2) is 6.33. The fraction of sp³-hybridized carbons (Fsp3) is 0.579. The van der Waals surface area contributed by atoms with Gasteiger partial charge in [0.2, 0.25) is 5.91 Å². The molecule has 25 heavy (non-hydrogen) atoms. The molecule has 0 aromatic heterocycles. The average molecular weight is 346 g/mol. The highest BCUT2D eigenvalue weighted by Gasteiger charge is 2.50. The molecule has 2 heterocycles. The summed E-state index contributed by atoms with van der Waals surface area (Å²) in [5, 5.41) is 20.4. The zero-order chi connectivity index (χ0) is 18.2. The number of carbonyl (C=O) groups is 2. The lowest BCUT2D eigenvalue weighted by atomic mass is 9.69. The van der Waals surface area contributed by atoms with Crippen LogP contribution in [0.25, 0.3) is 0 Å². The Morgan fingerprint density at radius 2 is 1.96 bits per heavy atom. The highest BCUT2D eigenvalue weighted by Crippen LogP contribution is 2.40. The summed E-state index contributed by atoms with van der Waals surface area (Å²) in [5.74, 6) is 0.207. The van der Waals surface area contributed by atoms with Crippen molar-refractivity contribution in [2.45, 2.75) is 38.2 Å². The Hall–Kier alpha value is -2.08. The molecule has 2 fully saturated rings. The minimum Gasteiger partial charge on any atom is -0.465 e. The van der Waals surface area contributed by atoms with Crippen molar-refractivity contribution < 1.29 is 19.8 Å². The number of nitrogens with zero attached hydrogens (tertiary/aromatic N) is 2. The van der Waals surface area contributed by atoms with Gasteiger partial charge in [-0.1, -0.05) is 44.2 Å². The van der Waals surface area contributed by atoms with Crippen LogP contribution in [0.3, 0.4) is 0 Å². The first-order chi connectivity index (χ1) is 11.7. The third-order valence-corrected chi connectivity index (χ3v) is 5.85. The fourth-order valence-corrected chi connectivity index (χ4v) is 4.01. The number of hydrogen-bond donors (Lipinski definition) is 2. The van der Waals surface area contributed by atoms with Crippen molar-refractivity contribution >= 4 is 12.0 Å². The van der Waals surface area contributed by atoms with Gasteiger partial charge in [-0.2, -0.15) is 0 Å². The molecule has 0 radical (unpaired) electrons. The van der Waals surface area contributed by atoms with Crippen molar-refractivity contribution in [2.75, 3.05) is 26.2 Å². The molecule has 2 aliphatic heterocycles. The molecule has 2 amide bonds. The number of aliphatic hydroxyl groups is 1. The first-order valence-corrected chi connectivity index (χ1v) is 8.75. The number of hydrogen-bond acceptors (Lipinski definition) is 3. The molecule has 0 aliphatic carbocycles. The van der Waals surface area contributed by atoms with Crippen LogP contribution >= 0.6 is 0 Å². The lowest BCUT2D eigenvalue weighted by Gasteiger charge is -2.50. The molecule has 2 saturated heterocycles. The predicted molar refractivity (Wildman–Crippen MR) is 93.3 cm³/mol. The smallest absolute Gasteiger partial charge is 0.407 e. The number of β-amino-alcohol motifs (C(OH)–C–C–N with tert-alkyl or cyclic N) is 1. The average Bonchev–Trinajstić information content (AvgIpc) is 2.91. The summed E-state index contributed by atoms with van der Waals surface area (Å²) in [6, 6.07) is 9.97. The van der Waals surface area contributed by atoms with Gasteiger partial charge in [0.15, 0.2) is 0 Å². The van der Waals surface area contributed by atoms with E-state index >= 15 is 0 Å². The highest BCUT2D eigenvalue weighted by molar-refractivity contribution is 5.80. The minimum atomic E-state index is -1.08. The third kappa shape index (κ3) is 3.35. The van der Waals surface area contributed by atoms with Crippen molar-refractivity contribution in [1.82, 2.24) is 9.80 Å². The van der Waals surface area contributed by atoms with Crippen molar-refractivity contribution in [1.29, 1.82) is 0 Å². The van der Waals surface area contributed by atoms with Gasteiger partial charge >= 0.3 is 6.09 Å². The molecule has 136 valence electrons. The van der Waals surface area contributed by atoms with Gasteiger partial charge in [-0.3, -0.25) is 4.79 Å². The summed E-state index contributed by atoms with van der Waals surface area (Å²) in [7, 11) is 0. The van der Waals surface area contributed by atoms with Gasteiger partial charge in [0.05, 0.1) is 12.1 Å². The van der Waals surface area contributed by atoms with E-state index < -0.39 is 17.1 Å². The molecule has 2 aliphatic rings. The Bertz CT molecular complexity index is 661. The molecule has 2 N–H and O–H groups in total. The van der Waals surface area contributed by atoms with Crippen LogP contribution in [0.15, 0.2) is 30.3 Å². The van der Waals surface area contributed by atoms with Crippen LogP contribution in [0.2, 0.25) is 0 Å². The van der Waals surface area contributed by atoms with Gasteiger partial charge < -0.3 is 20.0 Å². The maximum atomic E-state index is 12.5. The van der Waals surface area contributed by atoms with Crippen LogP contribution in [0.4, 0.5) is 4.79 Å². The standard InChI is InChI=1S/C19H26N2O4/c1-18(2)12-20(17(23)24)9-8-19(18,25)13-21-11-15(10-16(21)22)14-6-4-3-5-7-14/h3-7,15,25H,8-13H2,1-2H3,(H,23,24). The van der Waals surface area contributed by atoms with Gasteiger partial charge in [0.1, 0.15) is 0 Å². The number of amides is 2. The first-order valence-electron chi connectivity index (χ1n) is 8.75. The van der Waals surface area contributed by atoms with Crippen LogP contribution in [0, 0.1) is 5.41 Å². The second-order valence-corrected chi connectivity index (χ2v) is 7.96. The molecule has 6 nitrogen and oxygen atoms in total. The number of benzene rings is 1. The molecule has 6 heteroatoms. The van der Waals surface area contributed by atoms with Gasteiger partial charge in [0, 0.05) is 37.4 Å². The molecule has 2 atom stereocenters. The summed E-state index contributed by atoms with van der Waals surface area (Å²) in [5.41, 5.74) is -0.556. The van der Waals surface area contributed by atoms with E-state index in [4.69, 9.17) is 0 Å². The van der Waals surface area contributed by atoms with Gasteiger partial charge in [0.25, 0.3) is 0 Å². The highest BCUT2D eigenvalue weighted by atomic mass is 16.4. The number of piperidine rings is 1. The van der Waals surface area contributed by atoms with E-state index in [9.17, 15) is 19.8 Å². The fourth-order valence-electron chi connectivity index (χ4n) is 4.01. The van der Waals surface area contributed by atoms with Gasteiger partial charge in [-0.25, -0.2) is 4.79 Å². The summed E-state index contributed by atoms with van der Waals surface area (Å²) in [4.78, 5) is 26.8. The van der Waals surface area contributed by atoms with Crippen LogP contribution in [-0.4, -0.2) is 63.8 Å². The molecular weight excluding hydrogens is 320 g/mol. The maximum absolute atomic E-state index is 12.5. The van der Waals surface area contributed by atoms with Crippen molar-refractivity contribution in [3.8, 4) is 0 Å². The van der Waals surface area contributed by atoms with Crippen molar-refractivity contribution in [3.63, 3.8) is 0 Å². The third-order valence-electron chi connectivity index (χ3n) is 5.85. The number of carboxylic acid groups (broad SMARTS) is 1. The summed E-state index contributed by atoms with van der Waals surface area (Å²) < 4.78 is 0. The monoisotopic (exact) mass is 346 g/mol. The Balaban J connectivity index is 1.71. The summed E-state index contributed by atoms with van der Waals surface area (Å²) >= 11 is 0. The minimum absolute atomic E-state index is 0.0544. The molecule has 1 aromatic carbocycles. The predicted octanol–water partition coefficient (Wildman–Crippen LogP) is 2.14. The van der Waals surface area contributed by atoms with Gasteiger partial charge in [-0.15, -0.1) is 0 Å². The first kappa shape index (κ1) is 17.7. The zero-order valence-electron chi connectivity index (χ0n) is 14.8. The Labute approximate surface area is 148 Å². The number of carbonyl (C=O) groups excluding carboxylic acids is 1. The van der Waals surface area contributed by atoms with Crippen LogP contribution in [0.5, 0.6) is 0 Å². The van der Waals surface area contributed by atoms with Crippen molar-refractivity contribution in [3.05, 3.63) is 35.9 Å². The van der Waals surface area contributed by atoms with Gasteiger partial charge in [-0.05, 0) is 12.0 Å². The van der Waals surface area contributed by atoms with Crippen LogP contribution in [0.1, 0.15) is 38.2 Å². The normalized spacial score (nSPS) is 29.1. The molecule has 2 unspecified atom stereocenters. The number of rotatable bonds is 3. The Kier molecular flexibility index (Phi) is 4.49. The molecule has 1 aromatic rings. The lowest BCUT2D eigenvalue weighted by Crippen LogP contribution is -2.62. The maximum Gasteiger partial charge on any atom is 0.407 e. The van der Waals surface area contributed by atoms with E-state index in [0.717, 1.165) is 5.56 Å². The second-order valence-electron chi connectivity index (χ2n) is 7.96. The molecule has 0 spiro atoms. The Morgan fingerprint density at radius 3 is 2.56 bits per heavy atom. The van der Waals surface area contributed by atoms with E-state index in [1.54, 1.807) is 4.90 Å². The van der Waals surface area contributed by atoms with E-state index in [1.165, 1.54) is 4.90 Å². The quantitative estimate of drug-likeness (QED) is 0.879. The molecular formula is C19H26N2O4. The largest absolute Gasteiger partial charge is 0.465 e. The number of likely N-dealkylation sites (tertiary alicyclic amines) is 2. The van der Waals surface area contributed by atoms with E-state index in [1.807, 2.05) is 44.2 Å². The van der Waals surface area contributed by atoms with Crippen LogP contribution in [-0.2, 0) is 4.79 Å². The molecule has 0 bridgehead atoms. The van der Waals surface area contributed by atoms with Crippen molar-refractivity contribution in [2.24, 2.45) is 5.41 Å². The zero-order valence-corrected chi connectivity index (χ0v) is 14.8. The Morgan fingerprint density at radius 1 is 1.28 bits per heavy atom. The molecule has 0 saturated carbocycles. The SMILES string of the molecule is CC1(C)CN(C(=O)O)CCC1(O)CN1CC(c2ccccc2)CC1=O. The van der Waals surface area contributed by atoms with E-state index in [0.29, 0.717) is 25.9 Å². The summed E-state index contributed by atoms with van der Waals surface area (Å²) in [6.45, 7) is 5.16. The summed E-state index contributed by atoms with van der Waals surface area (Å²) in [6.07, 6.45) is -0.162. The molecule has 3 rings (SSSR count). The topological polar surface area (TPSA) is 81.1 Å². The lowest BCUT2D eigenvalue weighted by molar-refractivity contribution is -0.145. The van der Waals surface area contributed by atoms with E-state index in [-0.39, 0.29) is 24.9 Å². The van der Waals surface area contributed by atoms with E-state index in [2.05, 4.69) is 0 Å².